The minimum absolute atomic E-state index is 0.171. The first-order valence-electron chi connectivity index (χ1n) is 7.44. The van der Waals surface area contributed by atoms with Gasteiger partial charge in [0.2, 0.25) is 5.91 Å². The van der Waals surface area contributed by atoms with Gasteiger partial charge in [-0.05, 0) is 17.5 Å². The Morgan fingerprint density at radius 3 is 2.83 bits per heavy atom. The van der Waals surface area contributed by atoms with Crippen LogP contribution in [0.5, 0.6) is 0 Å². The predicted octanol–water partition coefficient (Wildman–Crippen LogP) is 0.236. The molecule has 120 valence electrons. The lowest BCUT2D eigenvalue weighted by molar-refractivity contribution is -0.142. The molecule has 23 heavy (non-hydrogen) atoms. The van der Waals surface area contributed by atoms with Gasteiger partial charge in [-0.2, -0.15) is 0 Å². The highest BCUT2D eigenvalue weighted by Crippen LogP contribution is 2.16. The number of nitrogens with one attached hydrogen (secondary N) is 3. The van der Waals surface area contributed by atoms with Crippen molar-refractivity contribution >= 4 is 11.9 Å². The van der Waals surface area contributed by atoms with Gasteiger partial charge in [-0.3, -0.25) is 4.79 Å². The number of amides is 1. The molecule has 7 heteroatoms. The average Bonchev–Trinajstić information content (AvgIpc) is 3.06. The zero-order chi connectivity index (χ0) is 16.2. The maximum Gasteiger partial charge on any atom is 0.326 e. The van der Waals surface area contributed by atoms with E-state index in [-0.39, 0.29) is 12.3 Å². The van der Waals surface area contributed by atoms with Crippen LogP contribution >= 0.6 is 0 Å². The lowest BCUT2D eigenvalue weighted by Gasteiger charge is -2.26. The number of benzene rings is 1. The molecule has 0 fully saturated rings. The number of aromatic nitrogens is 2. The van der Waals surface area contributed by atoms with E-state index in [2.05, 4.69) is 20.6 Å². The molecule has 1 amide bonds. The smallest absolute Gasteiger partial charge is 0.326 e. The molecule has 1 aliphatic heterocycles. The topological polar surface area (TPSA) is 107 Å². The largest absolute Gasteiger partial charge is 0.480 e. The van der Waals surface area contributed by atoms with Crippen LogP contribution in [0.2, 0.25) is 0 Å². The quantitative estimate of drug-likeness (QED) is 0.632. The van der Waals surface area contributed by atoms with Crippen LogP contribution < -0.4 is 10.6 Å². The average molecular weight is 314 g/mol. The van der Waals surface area contributed by atoms with E-state index in [4.69, 9.17) is 0 Å². The highest BCUT2D eigenvalue weighted by atomic mass is 16.4. The number of hydrogen-bond donors (Lipinski definition) is 4. The van der Waals surface area contributed by atoms with Gasteiger partial charge in [0.05, 0.1) is 12.4 Å². The Hall–Kier alpha value is -2.67. The maximum absolute atomic E-state index is 12.4. The van der Waals surface area contributed by atoms with Crippen molar-refractivity contribution in [2.45, 2.75) is 31.5 Å². The molecule has 0 aliphatic carbocycles. The Kier molecular flexibility index (Phi) is 4.38. The van der Waals surface area contributed by atoms with Crippen LogP contribution in [0.4, 0.5) is 0 Å². The SMILES string of the molecule is O=C(O)[C@H](Cc1cnc[nH]1)NC(=O)[C@@H]1Cc2ccccc2CN1. The molecule has 0 saturated heterocycles. The Bertz CT molecular complexity index is 699. The van der Waals surface area contributed by atoms with Crippen LogP contribution in [0.15, 0.2) is 36.8 Å². The number of rotatable bonds is 5. The highest BCUT2D eigenvalue weighted by Gasteiger charge is 2.28. The van der Waals surface area contributed by atoms with E-state index in [0.29, 0.717) is 18.7 Å². The number of carboxylic acids is 1. The number of aromatic amines is 1. The zero-order valence-electron chi connectivity index (χ0n) is 12.5. The number of H-pyrrole nitrogens is 1. The van der Waals surface area contributed by atoms with Crippen molar-refractivity contribution in [3.8, 4) is 0 Å². The molecule has 1 aliphatic rings. The normalized spacial score (nSPS) is 18.0. The van der Waals surface area contributed by atoms with Gasteiger partial charge in [0.1, 0.15) is 6.04 Å². The summed E-state index contributed by atoms with van der Waals surface area (Å²) in [7, 11) is 0. The van der Waals surface area contributed by atoms with Crippen LogP contribution in [0.25, 0.3) is 0 Å². The maximum atomic E-state index is 12.4. The van der Waals surface area contributed by atoms with E-state index in [9.17, 15) is 14.7 Å². The fraction of sp³-hybridized carbons (Fsp3) is 0.312. The Labute approximate surface area is 133 Å². The van der Waals surface area contributed by atoms with E-state index in [1.165, 1.54) is 11.9 Å². The number of nitrogens with zero attached hydrogens (tertiary/aromatic N) is 1. The summed E-state index contributed by atoms with van der Waals surface area (Å²) >= 11 is 0. The van der Waals surface area contributed by atoms with Gasteiger partial charge in [0.15, 0.2) is 0 Å². The summed E-state index contributed by atoms with van der Waals surface area (Å²) in [5.74, 6) is -1.37. The standard InChI is InChI=1S/C16H18N4O3/c21-15(13-5-10-3-1-2-4-11(10)7-18-13)20-14(16(22)23)6-12-8-17-9-19-12/h1-4,8-9,13-14,18H,5-7H2,(H,17,19)(H,20,21)(H,22,23)/t13-,14-/m0/s1. The van der Waals surface area contributed by atoms with Gasteiger partial charge in [-0.15, -0.1) is 0 Å². The molecule has 2 heterocycles. The fourth-order valence-electron chi connectivity index (χ4n) is 2.73. The molecule has 1 aromatic heterocycles. The minimum atomic E-state index is -1.07. The summed E-state index contributed by atoms with van der Waals surface area (Å²) < 4.78 is 0. The third-order valence-electron chi connectivity index (χ3n) is 3.99. The van der Waals surface area contributed by atoms with Crippen LogP contribution in [-0.2, 0) is 29.0 Å². The summed E-state index contributed by atoms with van der Waals surface area (Å²) in [5.41, 5.74) is 2.95. The van der Waals surface area contributed by atoms with Gasteiger partial charge in [0, 0.05) is 24.9 Å². The molecule has 7 nitrogen and oxygen atoms in total. The minimum Gasteiger partial charge on any atom is -0.480 e. The first-order chi connectivity index (χ1) is 11.1. The third-order valence-corrected chi connectivity index (χ3v) is 3.99. The predicted molar refractivity (Wildman–Crippen MR) is 82.6 cm³/mol. The van der Waals surface area contributed by atoms with Crippen LogP contribution in [-0.4, -0.2) is 39.0 Å². The number of carbonyl (C=O) groups excluding carboxylic acids is 1. The van der Waals surface area contributed by atoms with Gasteiger partial charge in [0.25, 0.3) is 0 Å². The van der Waals surface area contributed by atoms with E-state index < -0.39 is 18.1 Å². The molecule has 1 aromatic carbocycles. The molecule has 0 bridgehead atoms. The first kappa shape index (κ1) is 15.2. The van der Waals surface area contributed by atoms with E-state index in [1.54, 1.807) is 6.20 Å². The number of fused-ring (bicyclic) bond motifs is 1. The van der Waals surface area contributed by atoms with Crippen LogP contribution in [0.1, 0.15) is 16.8 Å². The number of carboxylic acid groups (broad SMARTS) is 1. The molecule has 3 rings (SSSR count). The van der Waals surface area contributed by atoms with E-state index in [0.717, 1.165) is 5.56 Å². The van der Waals surface area contributed by atoms with E-state index in [1.807, 2.05) is 24.3 Å². The number of carbonyl (C=O) groups is 2. The van der Waals surface area contributed by atoms with Crippen molar-refractivity contribution < 1.29 is 14.7 Å². The highest BCUT2D eigenvalue weighted by molar-refractivity contribution is 5.87. The Morgan fingerprint density at radius 2 is 2.13 bits per heavy atom. The van der Waals surface area contributed by atoms with Gasteiger partial charge in [-0.1, -0.05) is 24.3 Å². The number of imidazole rings is 1. The molecular formula is C16H18N4O3. The summed E-state index contributed by atoms with van der Waals surface area (Å²) in [6, 6.07) is 6.52. The molecule has 0 saturated carbocycles. The number of aliphatic carboxylic acids is 1. The zero-order valence-corrected chi connectivity index (χ0v) is 12.5. The van der Waals surface area contributed by atoms with Crippen molar-refractivity contribution in [1.82, 2.24) is 20.6 Å². The third kappa shape index (κ3) is 3.57. The summed E-state index contributed by atoms with van der Waals surface area (Å²) in [5, 5.41) is 15.1. The van der Waals surface area contributed by atoms with Crippen molar-refractivity contribution in [2.75, 3.05) is 0 Å². The second-order valence-corrected chi connectivity index (χ2v) is 5.59. The van der Waals surface area contributed by atoms with Crippen molar-refractivity contribution in [3.05, 3.63) is 53.6 Å². The first-order valence-corrected chi connectivity index (χ1v) is 7.44. The Balaban J connectivity index is 1.64. The van der Waals surface area contributed by atoms with Crippen LogP contribution in [0, 0.1) is 0 Å². The lowest BCUT2D eigenvalue weighted by Crippen LogP contribution is -2.52. The second kappa shape index (κ2) is 6.62. The molecule has 2 aromatic rings. The lowest BCUT2D eigenvalue weighted by atomic mass is 9.95. The van der Waals surface area contributed by atoms with Crippen molar-refractivity contribution in [1.29, 1.82) is 0 Å². The monoisotopic (exact) mass is 314 g/mol. The molecule has 0 spiro atoms. The number of hydrogen-bond acceptors (Lipinski definition) is 4. The molecule has 2 atom stereocenters. The summed E-state index contributed by atoms with van der Waals surface area (Å²) in [6.07, 6.45) is 3.76. The van der Waals surface area contributed by atoms with Crippen molar-refractivity contribution in [3.63, 3.8) is 0 Å². The van der Waals surface area contributed by atoms with Gasteiger partial charge in [-0.25, -0.2) is 9.78 Å². The fourth-order valence-corrected chi connectivity index (χ4v) is 2.73. The molecular weight excluding hydrogens is 296 g/mol. The van der Waals surface area contributed by atoms with E-state index >= 15 is 0 Å². The van der Waals surface area contributed by atoms with Crippen LogP contribution in [0.3, 0.4) is 0 Å². The molecule has 0 unspecified atom stereocenters. The molecule has 0 radical (unpaired) electrons. The molecule has 4 N–H and O–H groups in total. The Morgan fingerprint density at radius 1 is 1.35 bits per heavy atom. The summed E-state index contributed by atoms with van der Waals surface area (Å²) in [6.45, 7) is 0.604. The van der Waals surface area contributed by atoms with Crippen molar-refractivity contribution in [2.24, 2.45) is 0 Å². The van der Waals surface area contributed by atoms with Gasteiger partial charge < -0.3 is 20.7 Å². The summed E-state index contributed by atoms with van der Waals surface area (Å²) in [4.78, 5) is 30.5. The van der Waals surface area contributed by atoms with Gasteiger partial charge >= 0.3 is 5.97 Å². The second-order valence-electron chi connectivity index (χ2n) is 5.59.